The zero-order chi connectivity index (χ0) is 16.2. The maximum atomic E-state index is 6.14. The number of fused-ring (bicyclic) bond motifs is 1. The third kappa shape index (κ3) is 3.73. The molecule has 0 bridgehead atoms. The number of nitrogens with zero attached hydrogens (tertiary/aromatic N) is 4. The van der Waals surface area contributed by atoms with Crippen molar-refractivity contribution in [3.05, 3.63) is 23.0 Å². The van der Waals surface area contributed by atoms with Gasteiger partial charge in [-0.3, -0.25) is 10.4 Å². The van der Waals surface area contributed by atoms with Crippen molar-refractivity contribution >= 4 is 34.6 Å². The monoisotopic (exact) mass is 353 g/mol. The minimum absolute atomic E-state index is 0.543. The lowest BCUT2D eigenvalue weighted by Crippen LogP contribution is -2.50. The summed E-state index contributed by atoms with van der Waals surface area (Å²) in [5.41, 5.74) is 4.52. The van der Waals surface area contributed by atoms with E-state index >= 15 is 0 Å². The minimum atomic E-state index is 0.543. The van der Waals surface area contributed by atoms with E-state index in [9.17, 15) is 0 Å². The van der Waals surface area contributed by atoms with Crippen molar-refractivity contribution in [3.8, 4) is 5.75 Å². The maximum absolute atomic E-state index is 6.14. The molecule has 1 aromatic heterocycles. The minimum Gasteiger partial charge on any atom is -0.489 e. The molecular weight excluding hydrogens is 334 g/mol. The Kier molecular flexibility index (Phi) is 5.30. The molecule has 1 fully saturated rings. The summed E-state index contributed by atoms with van der Waals surface area (Å²) in [6, 6.07) is 1.72. The van der Waals surface area contributed by atoms with Crippen molar-refractivity contribution in [1.29, 1.82) is 0 Å². The van der Waals surface area contributed by atoms with Gasteiger partial charge in [0.25, 0.3) is 0 Å². The molecule has 23 heavy (non-hydrogen) atoms. The quantitative estimate of drug-likeness (QED) is 0.645. The molecule has 0 unspecified atom stereocenters. The van der Waals surface area contributed by atoms with E-state index in [4.69, 9.17) is 28.6 Å². The molecule has 6 nitrogen and oxygen atoms in total. The number of hydrogen-bond acceptors (Lipinski definition) is 5. The van der Waals surface area contributed by atoms with Crippen molar-refractivity contribution in [3.63, 3.8) is 0 Å². The molecule has 0 amide bonds. The fourth-order valence-corrected chi connectivity index (χ4v) is 3.13. The van der Waals surface area contributed by atoms with Gasteiger partial charge in [-0.05, 0) is 24.8 Å². The van der Waals surface area contributed by atoms with E-state index in [1.807, 2.05) is 0 Å². The van der Waals surface area contributed by atoms with Crippen LogP contribution in [0.2, 0.25) is 5.02 Å². The van der Waals surface area contributed by atoms with E-state index in [0.29, 0.717) is 34.6 Å². The second-order valence-corrected chi connectivity index (χ2v) is 6.26. The summed E-state index contributed by atoms with van der Waals surface area (Å²) in [6.45, 7) is 7.72. The van der Waals surface area contributed by atoms with E-state index in [1.165, 1.54) is 0 Å². The zero-order valence-electron chi connectivity index (χ0n) is 13.1. The van der Waals surface area contributed by atoms with Gasteiger partial charge in [0.15, 0.2) is 10.9 Å². The number of hydrogen-bond donors (Lipinski definition) is 1. The molecule has 0 radical (unpaired) electrons. The molecule has 0 atom stereocenters. The molecule has 0 aliphatic carbocycles. The first-order valence-electron chi connectivity index (χ1n) is 7.80. The second-order valence-electron chi connectivity index (χ2n) is 5.47. The third-order valence-electron chi connectivity index (χ3n) is 4.11. The number of pyridine rings is 1. The van der Waals surface area contributed by atoms with Gasteiger partial charge in [-0.25, -0.2) is 0 Å². The average Bonchev–Trinajstić information content (AvgIpc) is 2.60. The van der Waals surface area contributed by atoms with Crippen LogP contribution in [-0.2, 0) is 0 Å². The van der Waals surface area contributed by atoms with Gasteiger partial charge in [-0.15, -0.1) is 0 Å². The predicted octanol–water partition coefficient (Wildman–Crippen LogP) is 1.73. The normalized spacial score (nSPS) is 20.1. The molecule has 0 aromatic carbocycles. The highest BCUT2D eigenvalue weighted by atomic mass is 35.5. The first kappa shape index (κ1) is 16.4. The van der Waals surface area contributed by atoms with E-state index in [1.54, 1.807) is 12.3 Å². The summed E-state index contributed by atoms with van der Waals surface area (Å²) in [5.74, 6) is 0.600. The average molecular weight is 354 g/mol. The number of piperazine rings is 1. The van der Waals surface area contributed by atoms with Gasteiger partial charge in [0.1, 0.15) is 5.69 Å². The van der Waals surface area contributed by atoms with Gasteiger partial charge in [0.05, 0.1) is 17.3 Å². The van der Waals surface area contributed by atoms with Crippen LogP contribution in [0.3, 0.4) is 0 Å². The summed E-state index contributed by atoms with van der Waals surface area (Å²) >= 11 is 11.6. The van der Waals surface area contributed by atoms with Crippen LogP contribution in [0.4, 0.5) is 0 Å². The highest BCUT2D eigenvalue weighted by Crippen LogP contribution is 2.30. The molecule has 124 valence electrons. The highest BCUT2D eigenvalue weighted by molar-refractivity contribution is 7.80. The molecule has 1 aromatic rings. The van der Waals surface area contributed by atoms with Gasteiger partial charge in [0, 0.05) is 38.8 Å². The Hall–Kier alpha value is -1.44. The standard InChI is InChI=1S/C15H20ClN5OS/c1-2-20-6-8-21(9-7-20)15(23)19-18-12-4-10-22-14-11(16)3-5-17-13(12)14/h3,5H,2,4,6-10H2,1H3,(H,19,23)/b18-12-. The Balaban J connectivity index is 1.65. The summed E-state index contributed by atoms with van der Waals surface area (Å²) in [4.78, 5) is 8.89. The number of thiocarbonyl (C=S) groups is 1. The topological polar surface area (TPSA) is 53.0 Å². The fourth-order valence-electron chi connectivity index (χ4n) is 2.70. The molecule has 1 N–H and O–H groups in total. The van der Waals surface area contributed by atoms with Crippen LogP contribution in [0.5, 0.6) is 5.75 Å². The Morgan fingerprint density at radius 1 is 1.43 bits per heavy atom. The summed E-state index contributed by atoms with van der Waals surface area (Å²) < 4.78 is 5.58. The smallest absolute Gasteiger partial charge is 0.189 e. The predicted molar refractivity (Wildman–Crippen MR) is 95.3 cm³/mol. The van der Waals surface area contributed by atoms with Crippen LogP contribution >= 0.6 is 23.8 Å². The van der Waals surface area contributed by atoms with Crippen LogP contribution < -0.4 is 10.2 Å². The SMILES string of the molecule is CCN1CCN(C(=S)N/N=C2/CCOc3c(Cl)ccnc32)CC1. The first-order valence-corrected chi connectivity index (χ1v) is 8.59. The summed E-state index contributed by atoms with van der Waals surface area (Å²) in [6.07, 6.45) is 2.34. The van der Waals surface area contributed by atoms with Gasteiger partial charge >= 0.3 is 0 Å². The van der Waals surface area contributed by atoms with Gasteiger partial charge < -0.3 is 14.5 Å². The maximum Gasteiger partial charge on any atom is 0.189 e. The third-order valence-corrected chi connectivity index (χ3v) is 4.76. The Bertz CT molecular complexity index is 616. The molecular formula is C15H20ClN5OS. The molecule has 2 aliphatic rings. The molecule has 3 rings (SSSR count). The molecule has 0 spiro atoms. The molecule has 1 saturated heterocycles. The Morgan fingerprint density at radius 3 is 2.96 bits per heavy atom. The molecule has 2 aliphatic heterocycles. The lowest BCUT2D eigenvalue weighted by molar-refractivity contribution is 0.189. The van der Waals surface area contributed by atoms with E-state index in [0.717, 1.165) is 38.4 Å². The number of ether oxygens (including phenoxy) is 1. The number of likely N-dealkylation sites (N-methyl/N-ethyl adjacent to an activating group) is 1. The van der Waals surface area contributed by atoms with E-state index in [2.05, 4.69) is 32.2 Å². The van der Waals surface area contributed by atoms with Crippen LogP contribution in [0.15, 0.2) is 17.4 Å². The van der Waals surface area contributed by atoms with E-state index in [-0.39, 0.29) is 0 Å². The number of nitrogens with one attached hydrogen (secondary N) is 1. The van der Waals surface area contributed by atoms with Gasteiger partial charge in [0.2, 0.25) is 0 Å². The number of hydrazone groups is 1. The second kappa shape index (κ2) is 7.42. The van der Waals surface area contributed by atoms with E-state index < -0.39 is 0 Å². The van der Waals surface area contributed by atoms with Crippen molar-refractivity contribution in [2.45, 2.75) is 13.3 Å². The number of rotatable bonds is 2. The van der Waals surface area contributed by atoms with Crippen molar-refractivity contribution in [1.82, 2.24) is 20.2 Å². The van der Waals surface area contributed by atoms with Gasteiger partial charge in [-0.1, -0.05) is 18.5 Å². The van der Waals surface area contributed by atoms with Gasteiger partial charge in [-0.2, -0.15) is 5.10 Å². The van der Waals surface area contributed by atoms with Crippen LogP contribution in [0, 0.1) is 0 Å². The summed E-state index contributed by atoms with van der Waals surface area (Å²) in [5, 5.41) is 5.66. The highest BCUT2D eigenvalue weighted by Gasteiger charge is 2.22. The Labute approximate surface area is 146 Å². The van der Waals surface area contributed by atoms with Crippen molar-refractivity contribution < 1.29 is 4.74 Å². The molecule has 3 heterocycles. The van der Waals surface area contributed by atoms with Crippen molar-refractivity contribution in [2.24, 2.45) is 5.10 Å². The van der Waals surface area contributed by atoms with Crippen molar-refractivity contribution in [2.75, 3.05) is 39.3 Å². The van der Waals surface area contributed by atoms with Crippen LogP contribution in [0.1, 0.15) is 19.0 Å². The molecule has 0 saturated carbocycles. The molecule has 8 heteroatoms. The zero-order valence-corrected chi connectivity index (χ0v) is 14.7. The summed E-state index contributed by atoms with van der Waals surface area (Å²) in [7, 11) is 0. The fraction of sp³-hybridized carbons (Fsp3) is 0.533. The lowest BCUT2D eigenvalue weighted by Gasteiger charge is -2.35. The lowest BCUT2D eigenvalue weighted by atomic mass is 10.1. The largest absolute Gasteiger partial charge is 0.489 e. The number of halogens is 1. The van der Waals surface area contributed by atoms with Crippen LogP contribution in [0.25, 0.3) is 0 Å². The first-order chi connectivity index (χ1) is 11.2. The Morgan fingerprint density at radius 2 is 2.22 bits per heavy atom. The van der Waals surface area contributed by atoms with Crippen LogP contribution in [-0.4, -0.2) is 64.9 Å². The number of aromatic nitrogens is 1.